The van der Waals surface area contributed by atoms with E-state index in [2.05, 4.69) is 50.4 Å². The van der Waals surface area contributed by atoms with Gasteiger partial charge in [0.15, 0.2) is 0 Å². The molecule has 1 aromatic rings. The molecule has 1 aromatic carbocycles. The lowest BCUT2D eigenvalue weighted by molar-refractivity contribution is 0.465. The summed E-state index contributed by atoms with van der Waals surface area (Å²) in [6.45, 7) is 7.23. The van der Waals surface area contributed by atoms with Crippen molar-refractivity contribution in [2.75, 3.05) is 11.9 Å². The fourth-order valence-electron chi connectivity index (χ4n) is 1.53. The van der Waals surface area contributed by atoms with E-state index < -0.39 is 0 Å². The van der Waals surface area contributed by atoms with Crippen LogP contribution in [0.3, 0.4) is 0 Å². The third-order valence-corrected chi connectivity index (χ3v) is 2.35. The summed E-state index contributed by atoms with van der Waals surface area (Å²) < 4.78 is 0. The zero-order valence-corrected chi connectivity index (χ0v) is 10.0. The summed E-state index contributed by atoms with van der Waals surface area (Å²) in [7, 11) is 0. The molecule has 0 amide bonds. The average Bonchev–Trinajstić information content (AvgIpc) is 2.11. The van der Waals surface area contributed by atoms with Crippen LogP contribution in [0.15, 0.2) is 24.3 Å². The van der Waals surface area contributed by atoms with Crippen molar-refractivity contribution < 1.29 is 0 Å². The number of aryl methyl sites for hydroxylation is 1. The Morgan fingerprint density at radius 2 is 2.07 bits per heavy atom. The van der Waals surface area contributed by atoms with Gasteiger partial charge in [-0.1, -0.05) is 12.1 Å². The topological polar surface area (TPSA) is 38.0 Å². The number of anilines is 1. The summed E-state index contributed by atoms with van der Waals surface area (Å²) in [5, 5.41) is 3.40. The lowest BCUT2D eigenvalue weighted by Gasteiger charge is -2.18. The molecule has 0 aromatic heterocycles. The average molecular weight is 206 g/mol. The van der Waals surface area contributed by atoms with Crippen LogP contribution in [0.4, 0.5) is 5.69 Å². The summed E-state index contributed by atoms with van der Waals surface area (Å²) in [6.07, 6.45) is 2.16. The maximum Gasteiger partial charge on any atom is 0.0342 e. The molecule has 0 spiro atoms. The zero-order chi connectivity index (χ0) is 11.3. The molecule has 0 atom stereocenters. The van der Waals surface area contributed by atoms with Gasteiger partial charge in [0.05, 0.1) is 0 Å². The standard InChI is InChI=1S/C13H22N2/c1-11-6-4-7-12(10-11)15-9-5-8-13(2,3)14/h4,6-7,10,15H,5,8-9,14H2,1-3H3. The Kier molecular flexibility index (Phi) is 4.15. The largest absolute Gasteiger partial charge is 0.385 e. The van der Waals surface area contributed by atoms with Crippen molar-refractivity contribution in [1.29, 1.82) is 0 Å². The molecule has 84 valence electrons. The van der Waals surface area contributed by atoms with Crippen LogP contribution in [0.2, 0.25) is 0 Å². The van der Waals surface area contributed by atoms with Crippen molar-refractivity contribution in [3.8, 4) is 0 Å². The Morgan fingerprint density at radius 3 is 2.67 bits per heavy atom. The van der Waals surface area contributed by atoms with Gasteiger partial charge < -0.3 is 11.1 Å². The van der Waals surface area contributed by atoms with Crippen LogP contribution < -0.4 is 11.1 Å². The van der Waals surface area contributed by atoms with E-state index in [4.69, 9.17) is 5.73 Å². The van der Waals surface area contributed by atoms with E-state index in [9.17, 15) is 0 Å². The van der Waals surface area contributed by atoms with Gasteiger partial charge in [0.25, 0.3) is 0 Å². The third-order valence-electron chi connectivity index (χ3n) is 2.35. The smallest absolute Gasteiger partial charge is 0.0342 e. The van der Waals surface area contributed by atoms with E-state index in [-0.39, 0.29) is 5.54 Å². The Hall–Kier alpha value is -1.02. The summed E-state index contributed by atoms with van der Waals surface area (Å²) >= 11 is 0. The van der Waals surface area contributed by atoms with Crippen LogP contribution in [-0.2, 0) is 0 Å². The molecule has 0 aliphatic heterocycles. The van der Waals surface area contributed by atoms with E-state index >= 15 is 0 Å². The molecule has 3 N–H and O–H groups in total. The minimum atomic E-state index is -0.0473. The molecule has 0 aliphatic rings. The summed E-state index contributed by atoms with van der Waals surface area (Å²) in [6, 6.07) is 8.44. The number of hydrogen-bond donors (Lipinski definition) is 2. The molecule has 0 bridgehead atoms. The summed E-state index contributed by atoms with van der Waals surface area (Å²) in [4.78, 5) is 0. The fourth-order valence-corrected chi connectivity index (χ4v) is 1.53. The second kappa shape index (κ2) is 5.17. The Labute approximate surface area is 92.9 Å². The fraction of sp³-hybridized carbons (Fsp3) is 0.538. The van der Waals surface area contributed by atoms with Gasteiger partial charge in [0.2, 0.25) is 0 Å². The highest BCUT2D eigenvalue weighted by Crippen LogP contribution is 2.11. The molecule has 2 nitrogen and oxygen atoms in total. The lowest BCUT2D eigenvalue weighted by Crippen LogP contribution is -2.32. The van der Waals surface area contributed by atoms with Gasteiger partial charge in [-0.3, -0.25) is 0 Å². The van der Waals surface area contributed by atoms with Crippen LogP contribution in [0.5, 0.6) is 0 Å². The molecule has 0 unspecified atom stereocenters. The zero-order valence-electron chi connectivity index (χ0n) is 10.0. The number of benzene rings is 1. The van der Waals surface area contributed by atoms with Crippen molar-refractivity contribution in [3.05, 3.63) is 29.8 Å². The highest BCUT2D eigenvalue weighted by atomic mass is 14.9. The monoisotopic (exact) mass is 206 g/mol. The number of hydrogen-bond acceptors (Lipinski definition) is 2. The molecule has 0 saturated carbocycles. The summed E-state index contributed by atoms with van der Waals surface area (Å²) in [5.41, 5.74) is 8.35. The minimum absolute atomic E-state index is 0.0473. The lowest BCUT2D eigenvalue weighted by atomic mass is 10.0. The van der Waals surface area contributed by atoms with Crippen molar-refractivity contribution in [2.24, 2.45) is 5.73 Å². The van der Waals surface area contributed by atoms with Gasteiger partial charge in [-0.15, -0.1) is 0 Å². The van der Waals surface area contributed by atoms with Crippen molar-refractivity contribution in [2.45, 2.75) is 39.2 Å². The third kappa shape index (κ3) is 5.43. The van der Waals surface area contributed by atoms with Crippen molar-refractivity contribution in [3.63, 3.8) is 0 Å². The Bertz CT molecular complexity index is 300. The molecule has 0 radical (unpaired) electrons. The normalized spacial score (nSPS) is 11.5. The Morgan fingerprint density at radius 1 is 1.33 bits per heavy atom. The number of rotatable bonds is 5. The van der Waals surface area contributed by atoms with Gasteiger partial charge in [-0.25, -0.2) is 0 Å². The van der Waals surface area contributed by atoms with E-state index in [0.717, 1.165) is 19.4 Å². The van der Waals surface area contributed by atoms with E-state index in [1.54, 1.807) is 0 Å². The van der Waals surface area contributed by atoms with Gasteiger partial charge in [0.1, 0.15) is 0 Å². The predicted molar refractivity (Wildman–Crippen MR) is 67.2 cm³/mol. The molecule has 15 heavy (non-hydrogen) atoms. The van der Waals surface area contributed by atoms with Crippen LogP contribution in [0, 0.1) is 6.92 Å². The minimum Gasteiger partial charge on any atom is -0.385 e. The van der Waals surface area contributed by atoms with Crippen LogP contribution in [0.1, 0.15) is 32.3 Å². The number of nitrogens with two attached hydrogens (primary N) is 1. The van der Waals surface area contributed by atoms with Crippen molar-refractivity contribution >= 4 is 5.69 Å². The molecule has 0 heterocycles. The molecule has 0 fully saturated rings. The SMILES string of the molecule is Cc1cccc(NCCCC(C)(C)N)c1. The van der Waals surface area contributed by atoms with Crippen molar-refractivity contribution in [1.82, 2.24) is 0 Å². The Balaban J connectivity index is 2.26. The quantitative estimate of drug-likeness (QED) is 0.727. The highest BCUT2D eigenvalue weighted by Gasteiger charge is 2.08. The molecule has 1 rings (SSSR count). The van der Waals surface area contributed by atoms with E-state index in [1.165, 1.54) is 11.3 Å². The molecule has 2 heteroatoms. The van der Waals surface area contributed by atoms with Crippen LogP contribution in [0.25, 0.3) is 0 Å². The summed E-state index contributed by atoms with van der Waals surface area (Å²) in [5.74, 6) is 0. The first-order valence-corrected chi connectivity index (χ1v) is 5.57. The first-order chi connectivity index (χ1) is 6.97. The van der Waals surface area contributed by atoms with Crippen LogP contribution in [-0.4, -0.2) is 12.1 Å². The molecule has 0 aliphatic carbocycles. The second-order valence-corrected chi connectivity index (χ2v) is 4.89. The molecular formula is C13H22N2. The van der Waals surface area contributed by atoms with E-state index in [1.807, 2.05) is 0 Å². The second-order valence-electron chi connectivity index (χ2n) is 4.89. The van der Waals surface area contributed by atoms with E-state index in [0.29, 0.717) is 0 Å². The van der Waals surface area contributed by atoms with Gasteiger partial charge >= 0.3 is 0 Å². The van der Waals surface area contributed by atoms with Gasteiger partial charge in [-0.05, 0) is 51.3 Å². The van der Waals surface area contributed by atoms with Gasteiger partial charge in [0, 0.05) is 17.8 Å². The highest BCUT2D eigenvalue weighted by molar-refractivity contribution is 5.45. The van der Waals surface area contributed by atoms with Crippen LogP contribution >= 0.6 is 0 Å². The maximum absolute atomic E-state index is 5.91. The molecule has 0 saturated heterocycles. The number of nitrogens with one attached hydrogen (secondary N) is 1. The maximum atomic E-state index is 5.91. The predicted octanol–water partition coefficient (Wildman–Crippen LogP) is 2.92. The molecular weight excluding hydrogens is 184 g/mol. The van der Waals surface area contributed by atoms with Gasteiger partial charge in [-0.2, -0.15) is 0 Å². The first kappa shape index (κ1) is 12.1. The first-order valence-electron chi connectivity index (χ1n) is 5.57.